The molecule has 1 unspecified atom stereocenters. The van der Waals surface area contributed by atoms with Gasteiger partial charge in [-0.2, -0.15) is 0 Å². The van der Waals surface area contributed by atoms with Gasteiger partial charge < -0.3 is 5.11 Å². The fourth-order valence-corrected chi connectivity index (χ4v) is 1.70. The average molecular weight is 256 g/mol. The van der Waals surface area contributed by atoms with Crippen molar-refractivity contribution in [2.75, 3.05) is 0 Å². The maximum absolute atomic E-state index is 13.5. The highest BCUT2D eigenvalue weighted by atomic mass is 35.5. The second-order valence-electron chi connectivity index (χ2n) is 3.42. The number of benzene rings is 1. The molecule has 0 spiro atoms. The van der Waals surface area contributed by atoms with E-state index >= 15 is 0 Å². The third-order valence-corrected chi connectivity index (χ3v) is 2.64. The minimum Gasteiger partial charge on any atom is -0.382 e. The lowest BCUT2D eigenvalue weighted by Crippen LogP contribution is -2.06. The van der Waals surface area contributed by atoms with Gasteiger partial charge in [-0.1, -0.05) is 23.7 Å². The minimum absolute atomic E-state index is 0.0960. The Morgan fingerprint density at radius 3 is 2.65 bits per heavy atom. The van der Waals surface area contributed by atoms with Gasteiger partial charge in [0, 0.05) is 11.8 Å². The fourth-order valence-electron chi connectivity index (χ4n) is 1.48. The van der Waals surface area contributed by atoms with Crippen LogP contribution in [0.3, 0.4) is 0 Å². The average Bonchev–Trinajstić information content (AvgIpc) is 2.32. The van der Waals surface area contributed by atoms with Gasteiger partial charge in [-0.15, -0.1) is 0 Å². The van der Waals surface area contributed by atoms with E-state index in [1.54, 1.807) is 6.07 Å². The summed E-state index contributed by atoms with van der Waals surface area (Å²) in [5.41, 5.74) is -0.0933. The van der Waals surface area contributed by atoms with Crippen LogP contribution in [-0.2, 0) is 0 Å². The lowest BCUT2D eigenvalue weighted by molar-refractivity contribution is 0.208. The molecule has 2 aromatic rings. The predicted molar refractivity (Wildman–Crippen MR) is 59.7 cm³/mol. The number of nitrogens with zero attached hydrogens (tertiary/aromatic N) is 1. The number of aliphatic hydroxyl groups excluding tert-OH is 1. The second kappa shape index (κ2) is 4.77. The zero-order chi connectivity index (χ0) is 12.4. The maximum Gasteiger partial charge on any atom is 0.165 e. The number of rotatable bonds is 2. The smallest absolute Gasteiger partial charge is 0.165 e. The first-order valence-electron chi connectivity index (χ1n) is 4.83. The normalized spacial score (nSPS) is 12.5. The van der Waals surface area contributed by atoms with Crippen molar-refractivity contribution in [3.8, 4) is 0 Å². The van der Waals surface area contributed by atoms with Gasteiger partial charge in [0.05, 0.1) is 10.7 Å². The quantitative estimate of drug-likeness (QED) is 0.895. The van der Waals surface area contributed by atoms with Crippen molar-refractivity contribution < 1.29 is 13.9 Å². The van der Waals surface area contributed by atoms with Gasteiger partial charge in [-0.3, -0.25) is 4.98 Å². The first-order chi connectivity index (χ1) is 8.11. The van der Waals surface area contributed by atoms with Crippen LogP contribution in [0.4, 0.5) is 8.78 Å². The van der Waals surface area contributed by atoms with E-state index in [0.717, 1.165) is 6.07 Å². The van der Waals surface area contributed by atoms with E-state index in [1.165, 1.54) is 24.4 Å². The third kappa shape index (κ3) is 2.28. The molecule has 1 aromatic heterocycles. The molecule has 0 radical (unpaired) electrons. The Bertz CT molecular complexity index is 548. The molecule has 1 heterocycles. The van der Waals surface area contributed by atoms with E-state index in [2.05, 4.69) is 4.98 Å². The molecule has 1 atom stereocenters. The molecule has 0 aliphatic heterocycles. The topological polar surface area (TPSA) is 33.1 Å². The van der Waals surface area contributed by atoms with E-state index in [1.807, 2.05) is 0 Å². The van der Waals surface area contributed by atoms with Crippen LogP contribution in [-0.4, -0.2) is 10.1 Å². The Morgan fingerprint density at radius 2 is 1.94 bits per heavy atom. The molecule has 0 amide bonds. The molecule has 1 N–H and O–H groups in total. The molecule has 0 saturated heterocycles. The number of aromatic nitrogens is 1. The van der Waals surface area contributed by atoms with Crippen molar-refractivity contribution in [1.29, 1.82) is 0 Å². The van der Waals surface area contributed by atoms with Crippen molar-refractivity contribution in [3.63, 3.8) is 0 Å². The zero-order valence-corrected chi connectivity index (χ0v) is 9.33. The summed E-state index contributed by atoms with van der Waals surface area (Å²) in [5, 5.41) is 10.1. The Morgan fingerprint density at radius 1 is 1.18 bits per heavy atom. The molecule has 5 heteroatoms. The maximum atomic E-state index is 13.5. The van der Waals surface area contributed by atoms with Crippen LogP contribution < -0.4 is 0 Å². The van der Waals surface area contributed by atoms with E-state index in [-0.39, 0.29) is 16.3 Å². The molecule has 2 nitrogen and oxygen atoms in total. The highest BCUT2D eigenvalue weighted by Gasteiger charge is 2.20. The molecular formula is C12H8ClF2NO. The lowest BCUT2D eigenvalue weighted by Gasteiger charge is -2.12. The summed E-state index contributed by atoms with van der Waals surface area (Å²) in [7, 11) is 0. The van der Waals surface area contributed by atoms with Gasteiger partial charge in [0.1, 0.15) is 6.10 Å². The summed E-state index contributed by atoms with van der Waals surface area (Å²) in [4.78, 5) is 3.85. The van der Waals surface area contributed by atoms with Crippen LogP contribution >= 0.6 is 11.6 Å². The molecule has 0 aliphatic rings. The van der Waals surface area contributed by atoms with Crippen molar-refractivity contribution >= 4 is 11.6 Å². The standard InChI is InChI=1S/C12H8ClF2NO/c13-8-4-2-6-16-11(8)12(17)7-3-1-5-9(14)10(7)15/h1-6,12,17H. The molecule has 1 aromatic carbocycles. The minimum atomic E-state index is -1.39. The first-order valence-corrected chi connectivity index (χ1v) is 5.21. The highest BCUT2D eigenvalue weighted by molar-refractivity contribution is 6.31. The van der Waals surface area contributed by atoms with Gasteiger partial charge in [0.15, 0.2) is 11.6 Å². The molecule has 0 aliphatic carbocycles. The van der Waals surface area contributed by atoms with E-state index < -0.39 is 17.7 Å². The first kappa shape index (κ1) is 12.0. The molecule has 0 fully saturated rings. The summed E-state index contributed by atoms with van der Waals surface area (Å²) >= 11 is 5.82. The molecule has 0 bridgehead atoms. The monoisotopic (exact) mass is 255 g/mol. The molecule has 2 rings (SSSR count). The van der Waals surface area contributed by atoms with Crippen LogP contribution in [0.25, 0.3) is 0 Å². The Labute approximate surface area is 102 Å². The summed E-state index contributed by atoms with van der Waals surface area (Å²) in [6, 6.07) is 6.68. The highest BCUT2D eigenvalue weighted by Crippen LogP contribution is 2.28. The third-order valence-electron chi connectivity index (χ3n) is 2.32. The van der Waals surface area contributed by atoms with Crippen LogP contribution in [0.2, 0.25) is 5.02 Å². The lowest BCUT2D eigenvalue weighted by atomic mass is 10.1. The zero-order valence-electron chi connectivity index (χ0n) is 8.57. The van der Waals surface area contributed by atoms with Gasteiger partial charge >= 0.3 is 0 Å². The SMILES string of the molecule is OC(c1cccc(F)c1F)c1ncccc1Cl. The number of hydrogen-bond donors (Lipinski definition) is 1. The van der Waals surface area contributed by atoms with Crippen molar-refractivity contribution in [2.24, 2.45) is 0 Å². The Hall–Kier alpha value is -1.52. The molecule has 0 saturated carbocycles. The number of halogens is 3. The number of aliphatic hydroxyl groups is 1. The summed E-state index contributed by atoms with van der Waals surface area (Å²) in [5.74, 6) is -2.12. The van der Waals surface area contributed by atoms with E-state index in [0.29, 0.717) is 0 Å². The Balaban J connectivity index is 2.48. The number of hydrogen-bond acceptors (Lipinski definition) is 2. The van der Waals surface area contributed by atoms with Crippen molar-refractivity contribution in [1.82, 2.24) is 4.98 Å². The number of pyridine rings is 1. The van der Waals surface area contributed by atoms with Crippen LogP contribution in [0, 0.1) is 11.6 Å². The van der Waals surface area contributed by atoms with Gasteiger partial charge in [-0.05, 0) is 18.2 Å². The van der Waals surface area contributed by atoms with Crippen molar-refractivity contribution in [3.05, 3.63) is 64.4 Å². The van der Waals surface area contributed by atoms with Crippen LogP contribution in [0.1, 0.15) is 17.4 Å². The summed E-state index contributed by atoms with van der Waals surface area (Å²) in [6.45, 7) is 0. The van der Waals surface area contributed by atoms with Gasteiger partial charge in [0.2, 0.25) is 0 Å². The Kier molecular flexibility index (Phi) is 3.36. The van der Waals surface area contributed by atoms with Gasteiger partial charge in [0.25, 0.3) is 0 Å². The molecular weight excluding hydrogens is 248 g/mol. The van der Waals surface area contributed by atoms with Crippen LogP contribution in [0.15, 0.2) is 36.5 Å². The largest absolute Gasteiger partial charge is 0.382 e. The van der Waals surface area contributed by atoms with E-state index in [9.17, 15) is 13.9 Å². The second-order valence-corrected chi connectivity index (χ2v) is 3.82. The molecule has 17 heavy (non-hydrogen) atoms. The van der Waals surface area contributed by atoms with Crippen LogP contribution in [0.5, 0.6) is 0 Å². The summed E-state index contributed by atoms with van der Waals surface area (Å²) < 4.78 is 26.5. The van der Waals surface area contributed by atoms with Crippen molar-refractivity contribution in [2.45, 2.75) is 6.10 Å². The van der Waals surface area contributed by atoms with E-state index in [4.69, 9.17) is 11.6 Å². The predicted octanol–water partition coefficient (Wildman–Crippen LogP) is 3.09. The van der Waals surface area contributed by atoms with Gasteiger partial charge in [-0.25, -0.2) is 8.78 Å². The fraction of sp³-hybridized carbons (Fsp3) is 0.0833. The summed E-state index contributed by atoms with van der Waals surface area (Å²) in [6.07, 6.45) is 0.0288. The molecule has 88 valence electrons.